The number of hydrogen-bond donors (Lipinski definition) is 3. The van der Waals surface area contributed by atoms with Gasteiger partial charge in [-0.3, -0.25) is 9.59 Å². The molecule has 0 spiro atoms. The zero-order chi connectivity index (χ0) is 19.1. The van der Waals surface area contributed by atoms with Crippen molar-refractivity contribution in [3.63, 3.8) is 0 Å². The van der Waals surface area contributed by atoms with Gasteiger partial charge in [0.15, 0.2) is 5.11 Å². The smallest absolute Gasteiger partial charge is 0.255 e. The molecule has 0 saturated heterocycles. The van der Waals surface area contributed by atoms with E-state index >= 15 is 0 Å². The van der Waals surface area contributed by atoms with Crippen LogP contribution in [0.5, 0.6) is 0 Å². The molecule has 2 amide bonds. The number of nitrogens with one attached hydrogen (secondary N) is 3. The quantitative estimate of drug-likeness (QED) is 0.694. The van der Waals surface area contributed by atoms with Gasteiger partial charge in [0.2, 0.25) is 5.91 Å². The summed E-state index contributed by atoms with van der Waals surface area (Å²) in [6.07, 6.45) is 0.411. The molecule has 0 aliphatic carbocycles. The number of amides is 2. The molecule has 0 aliphatic rings. The highest BCUT2D eigenvalue weighted by Crippen LogP contribution is 2.17. The summed E-state index contributed by atoms with van der Waals surface area (Å²) in [6, 6.07) is 14.6. The van der Waals surface area contributed by atoms with Crippen LogP contribution in [-0.4, -0.2) is 16.9 Å². The van der Waals surface area contributed by atoms with Gasteiger partial charge in [0.25, 0.3) is 5.91 Å². The number of hydrogen-bond acceptors (Lipinski definition) is 3. The highest BCUT2D eigenvalue weighted by molar-refractivity contribution is 7.80. The Bertz CT molecular complexity index is 818. The number of rotatable bonds is 5. The maximum atomic E-state index is 12.4. The van der Waals surface area contributed by atoms with Gasteiger partial charge in [-0.05, 0) is 54.9 Å². The van der Waals surface area contributed by atoms with Crippen molar-refractivity contribution >= 4 is 40.5 Å². The zero-order valence-corrected chi connectivity index (χ0v) is 15.9. The van der Waals surface area contributed by atoms with Crippen LogP contribution < -0.4 is 16.0 Å². The molecule has 136 valence electrons. The Balaban J connectivity index is 1.99. The van der Waals surface area contributed by atoms with Gasteiger partial charge in [-0.2, -0.15) is 0 Å². The Morgan fingerprint density at radius 3 is 2.31 bits per heavy atom. The first-order valence-corrected chi connectivity index (χ1v) is 8.84. The number of aryl methyl sites for hydroxylation is 1. The lowest BCUT2D eigenvalue weighted by Gasteiger charge is -2.12. The molecule has 26 heavy (non-hydrogen) atoms. The fourth-order valence-corrected chi connectivity index (χ4v) is 2.64. The first-order chi connectivity index (χ1) is 12.3. The summed E-state index contributed by atoms with van der Waals surface area (Å²) in [5.74, 6) is -0.0349. The fraction of sp³-hybridized carbons (Fsp3) is 0.250. The number of carbonyl (C=O) groups is 2. The molecule has 0 saturated carbocycles. The van der Waals surface area contributed by atoms with Crippen molar-refractivity contribution in [2.24, 2.45) is 5.92 Å². The van der Waals surface area contributed by atoms with E-state index in [-0.39, 0.29) is 22.8 Å². The molecule has 2 rings (SSSR count). The average molecular weight is 369 g/mol. The van der Waals surface area contributed by atoms with Gasteiger partial charge in [-0.25, -0.2) is 0 Å². The minimum Gasteiger partial charge on any atom is -0.332 e. The van der Waals surface area contributed by atoms with E-state index in [1.165, 1.54) is 0 Å². The van der Waals surface area contributed by atoms with Gasteiger partial charge in [-0.15, -0.1) is 0 Å². The van der Waals surface area contributed by atoms with Crippen molar-refractivity contribution < 1.29 is 9.59 Å². The summed E-state index contributed by atoms with van der Waals surface area (Å²) in [7, 11) is 0. The Morgan fingerprint density at radius 1 is 1.00 bits per heavy atom. The van der Waals surface area contributed by atoms with Crippen LogP contribution in [0, 0.1) is 12.8 Å². The van der Waals surface area contributed by atoms with E-state index in [4.69, 9.17) is 12.2 Å². The second kappa shape index (κ2) is 9.10. The highest BCUT2D eigenvalue weighted by Gasteiger charge is 2.10. The summed E-state index contributed by atoms with van der Waals surface area (Å²) in [6.45, 7) is 5.83. The lowest BCUT2D eigenvalue weighted by atomic mass is 10.1. The number of thiocarbonyl (C=S) groups is 1. The van der Waals surface area contributed by atoms with Crippen LogP contribution in [0.4, 0.5) is 11.4 Å². The van der Waals surface area contributed by atoms with Gasteiger partial charge < -0.3 is 16.0 Å². The van der Waals surface area contributed by atoms with Crippen LogP contribution >= 0.6 is 12.2 Å². The standard InChI is InChI=1S/C20H23N3O2S/c1-13(2)11-18(24)23-20(26)22-16-9-6-8-15(12-16)21-19(25)17-10-5-4-7-14(17)3/h4-10,12-13H,11H2,1-3H3,(H,21,25)(H2,22,23,24,26). The first-order valence-electron chi connectivity index (χ1n) is 8.43. The second-order valence-electron chi connectivity index (χ2n) is 6.45. The SMILES string of the molecule is Cc1ccccc1C(=O)Nc1cccc(NC(=S)NC(=O)CC(C)C)c1. The van der Waals surface area contributed by atoms with Crippen molar-refractivity contribution in [1.29, 1.82) is 0 Å². The summed E-state index contributed by atoms with van der Waals surface area (Å²) in [4.78, 5) is 24.2. The maximum absolute atomic E-state index is 12.4. The predicted molar refractivity (Wildman–Crippen MR) is 109 cm³/mol. The topological polar surface area (TPSA) is 70.2 Å². The van der Waals surface area contributed by atoms with E-state index in [9.17, 15) is 9.59 Å². The van der Waals surface area contributed by atoms with Crippen LogP contribution in [0.2, 0.25) is 0 Å². The third-order valence-electron chi connectivity index (χ3n) is 3.61. The maximum Gasteiger partial charge on any atom is 0.255 e. The van der Waals surface area contributed by atoms with E-state index in [0.29, 0.717) is 23.4 Å². The third kappa shape index (κ3) is 5.97. The van der Waals surface area contributed by atoms with Crippen LogP contribution in [0.1, 0.15) is 36.2 Å². The number of benzene rings is 2. The lowest BCUT2D eigenvalue weighted by Crippen LogP contribution is -2.34. The van der Waals surface area contributed by atoms with Crippen molar-refractivity contribution in [3.8, 4) is 0 Å². The van der Waals surface area contributed by atoms with Gasteiger partial charge in [0, 0.05) is 23.4 Å². The molecule has 0 aliphatic heterocycles. The summed E-state index contributed by atoms with van der Waals surface area (Å²) in [5.41, 5.74) is 2.86. The molecule has 3 N–H and O–H groups in total. The summed E-state index contributed by atoms with van der Waals surface area (Å²) >= 11 is 5.16. The molecule has 0 bridgehead atoms. The first kappa shape index (κ1) is 19.6. The van der Waals surface area contributed by atoms with Crippen molar-refractivity contribution in [2.45, 2.75) is 27.2 Å². The molecular weight excluding hydrogens is 346 g/mol. The van der Waals surface area contributed by atoms with Crippen molar-refractivity contribution in [1.82, 2.24) is 5.32 Å². The van der Waals surface area contributed by atoms with Gasteiger partial charge in [0.1, 0.15) is 0 Å². The normalized spacial score (nSPS) is 10.3. The zero-order valence-electron chi connectivity index (χ0n) is 15.1. The third-order valence-corrected chi connectivity index (χ3v) is 3.82. The second-order valence-corrected chi connectivity index (χ2v) is 6.86. The van der Waals surface area contributed by atoms with Crippen LogP contribution in [0.25, 0.3) is 0 Å². The molecule has 6 heteroatoms. The molecule has 0 unspecified atom stereocenters. The molecule has 0 heterocycles. The Morgan fingerprint density at radius 2 is 1.65 bits per heavy atom. The minimum absolute atomic E-state index is 0.124. The van der Waals surface area contributed by atoms with E-state index in [2.05, 4.69) is 16.0 Å². The highest BCUT2D eigenvalue weighted by atomic mass is 32.1. The number of anilines is 2. The van der Waals surface area contributed by atoms with E-state index in [1.54, 1.807) is 24.3 Å². The van der Waals surface area contributed by atoms with Crippen molar-refractivity contribution in [2.75, 3.05) is 10.6 Å². The van der Waals surface area contributed by atoms with Gasteiger partial charge in [0.05, 0.1) is 0 Å². The summed E-state index contributed by atoms with van der Waals surface area (Å²) in [5, 5.41) is 8.71. The van der Waals surface area contributed by atoms with E-state index in [1.807, 2.05) is 45.0 Å². The molecular formula is C20H23N3O2S. The molecule has 0 atom stereocenters. The minimum atomic E-state index is -0.173. The van der Waals surface area contributed by atoms with Gasteiger partial charge >= 0.3 is 0 Å². The average Bonchev–Trinajstić information content (AvgIpc) is 2.54. The molecule has 0 fully saturated rings. The van der Waals surface area contributed by atoms with Crippen LogP contribution in [0.15, 0.2) is 48.5 Å². The fourth-order valence-electron chi connectivity index (χ4n) is 2.41. The largest absolute Gasteiger partial charge is 0.332 e. The molecule has 0 radical (unpaired) electrons. The predicted octanol–water partition coefficient (Wildman–Crippen LogP) is 4.11. The lowest BCUT2D eigenvalue weighted by molar-refractivity contribution is -0.120. The van der Waals surface area contributed by atoms with E-state index < -0.39 is 0 Å². The van der Waals surface area contributed by atoms with E-state index in [0.717, 1.165) is 5.56 Å². The molecule has 5 nitrogen and oxygen atoms in total. The number of carbonyl (C=O) groups excluding carboxylic acids is 2. The Hall–Kier alpha value is -2.73. The summed E-state index contributed by atoms with van der Waals surface area (Å²) < 4.78 is 0. The monoisotopic (exact) mass is 369 g/mol. The molecule has 0 aromatic heterocycles. The van der Waals surface area contributed by atoms with Crippen LogP contribution in [-0.2, 0) is 4.79 Å². The Kier molecular flexibility index (Phi) is 6.86. The van der Waals surface area contributed by atoms with Crippen molar-refractivity contribution in [3.05, 3.63) is 59.7 Å². The van der Waals surface area contributed by atoms with Crippen LogP contribution in [0.3, 0.4) is 0 Å². The van der Waals surface area contributed by atoms with Gasteiger partial charge in [-0.1, -0.05) is 38.1 Å². The Labute approximate surface area is 159 Å². The molecule has 2 aromatic carbocycles. The molecule has 2 aromatic rings.